The Morgan fingerprint density at radius 2 is 1.52 bits per heavy atom. The molecular weight excluding hydrogens is 262 g/mol. The van der Waals surface area contributed by atoms with E-state index in [1.165, 1.54) is 44.9 Å². The van der Waals surface area contributed by atoms with E-state index >= 15 is 0 Å². The molecule has 21 heavy (non-hydrogen) atoms. The molecule has 0 aromatic rings. The fraction of sp³-hybridized carbons (Fsp3) is 0.765. The first-order valence-corrected chi connectivity index (χ1v) is 8.30. The molecule has 1 spiro atoms. The summed E-state index contributed by atoms with van der Waals surface area (Å²) in [6.07, 6.45) is 18.4. The van der Waals surface area contributed by atoms with Crippen LogP contribution in [-0.2, 0) is 0 Å². The monoisotopic (exact) mass is 289 g/mol. The molecule has 0 atom stereocenters. The highest BCUT2D eigenvalue weighted by molar-refractivity contribution is 6.05. The van der Waals surface area contributed by atoms with Gasteiger partial charge in [-0.15, -0.1) is 6.42 Å². The quantitative estimate of drug-likeness (QED) is 0.752. The zero-order valence-electron chi connectivity index (χ0n) is 12.9. The molecule has 0 saturated heterocycles. The summed E-state index contributed by atoms with van der Waals surface area (Å²) in [5, 5.41) is 0. The lowest BCUT2D eigenvalue weighted by atomic mass is 9.83. The molecule has 4 nitrogen and oxygen atoms in total. The van der Waals surface area contributed by atoms with Gasteiger partial charge < -0.3 is 5.73 Å². The number of carbonyl (C=O) groups is 1. The summed E-state index contributed by atoms with van der Waals surface area (Å²) in [7, 11) is 0. The number of urea groups is 1. The van der Waals surface area contributed by atoms with E-state index in [9.17, 15) is 4.79 Å². The van der Waals surface area contributed by atoms with Crippen LogP contribution in [0.1, 0.15) is 70.6 Å². The van der Waals surface area contributed by atoms with Gasteiger partial charge in [0.25, 0.3) is 0 Å². The first kappa shape index (κ1) is 15.9. The van der Waals surface area contributed by atoms with E-state index < -0.39 is 5.54 Å². The lowest BCUT2D eigenvalue weighted by Crippen LogP contribution is -2.54. The van der Waals surface area contributed by atoms with Crippen molar-refractivity contribution in [3.05, 3.63) is 0 Å². The van der Waals surface area contributed by atoms with Crippen LogP contribution in [0, 0.1) is 12.3 Å². The van der Waals surface area contributed by atoms with Gasteiger partial charge in [0.2, 0.25) is 0 Å². The number of carbonyl (C=O) groups excluding carboxylic acids is 1. The van der Waals surface area contributed by atoms with Gasteiger partial charge in [-0.3, -0.25) is 4.90 Å². The predicted octanol–water partition coefficient (Wildman–Crippen LogP) is 3.46. The van der Waals surface area contributed by atoms with Crippen LogP contribution in [0.4, 0.5) is 4.79 Å². The summed E-state index contributed by atoms with van der Waals surface area (Å²) in [4.78, 5) is 17.8. The second-order valence-corrected chi connectivity index (χ2v) is 6.28. The minimum atomic E-state index is -0.414. The van der Waals surface area contributed by atoms with E-state index in [-0.39, 0.29) is 6.03 Å². The van der Waals surface area contributed by atoms with Gasteiger partial charge in [0.15, 0.2) is 0 Å². The van der Waals surface area contributed by atoms with Gasteiger partial charge in [-0.2, -0.15) is 4.99 Å². The Hall–Kier alpha value is -1.50. The summed E-state index contributed by atoms with van der Waals surface area (Å²) in [6, 6.07) is -0.252. The van der Waals surface area contributed by atoms with Crippen molar-refractivity contribution in [3.8, 4) is 12.3 Å². The summed E-state index contributed by atoms with van der Waals surface area (Å²) in [5.41, 5.74) is 5.74. The largest absolute Gasteiger partial charge is 0.385 e. The Morgan fingerprint density at radius 1 is 1.05 bits per heavy atom. The molecular formula is C17H27N3O. The Balaban J connectivity index is 2.14. The van der Waals surface area contributed by atoms with Gasteiger partial charge in [-0.1, -0.05) is 63.7 Å². The molecule has 1 fully saturated rings. The van der Waals surface area contributed by atoms with Gasteiger partial charge in [-0.25, -0.2) is 4.79 Å². The van der Waals surface area contributed by atoms with Crippen LogP contribution in [-0.4, -0.2) is 28.9 Å². The van der Waals surface area contributed by atoms with E-state index in [1.54, 1.807) is 4.90 Å². The minimum Gasteiger partial charge on any atom is -0.385 e. The highest BCUT2D eigenvalue weighted by atomic mass is 16.2. The van der Waals surface area contributed by atoms with Crippen molar-refractivity contribution >= 4 is 11.9 Å². The molecule has 2 aliphatic rings. The standard InChI is InChI=1S/C17H27N3O/c1-2-14-20-16(21)19-15(18)17(20)12-10-8-6-4-3-5-7-9-11-13-17/h1H,3-14H2,(H2,18,19,21). The summed E-state index contributed by atoms with van der Waals surface area (Å²) >= 11 is 0. The third kappa shape index (κ3) is 3.58. The molecule has 2 rings (SSSR count). The Labute approximate surface area is 128 Å². The molecule has 1 saturated carbocycles. The third-order valence-electron chi connectivity index (χ3n) is 4.87. The number of terminal acetylenes is 1. The smallest absolute Gasteiger partial charge is 0.346 e. The molecule has 2 amide bonds. The van der Waals surface area contributed by atoms with Crippen LogP contribution in [0.15, 0.2) is 4.99 Å². The third-order valence-corrected chi connectivity index (χ3v) is 4.87. The number of amidine groups is 1. The maximum Gasteiger partial charge on any atom is 0.346 e. The van der Waals surface area contributed by atoms with E-state index in [0.29, 0.717) is 12.4 Å². The zero-order chi connectivity index (χ0) is 15.1. The average Bonchev–Trinajstić information content (AvgIpc) is 2.67. The van der Waals surface area contributed by atoms with Crippen molar-refractivity contribution in [2.75, 3.05) is 6.54 Å². The van der Waals surface area contributed by atoms with Crippen LogP contribution >= 0.6 is 0 Å². The Bertz CT molecular complexity index is 424. The summed E-state index contributed by atoms with van der Waals surface area (Å²) in [6.45, 7) is 0.309. The number of hydrogen-bond donors (Lipinski definition) is 1. The molecule has 0 radical (unpaired) electrons. The molecule has 0 aromatic carbocycles. The molecule has 2 N–H and O–H groups in total. The van der Waals surface area contributed by atoms with Crippen LogP contribution in [0.2, 0.25) is 0 Å². The van der Waals surface area contributed by atoms with Gasteiger partial charge in [-0.05, 0) is 12.8 Å². The molecule has 0 unspecified atom stereocenters. The second kappa shape index (κ2) is 7.49. The molecule has 4 heteroatoms. The van der Waals surface area contributed by atoms with Gasteiger partial charge in [0, 0.05) is 0 Å². The molecule has 1 heterocycles. The predicted molar refractivity (Wildman–Crippen MR) is 86.1 cm³/mol. The van der Waals surface area contributed by atoms with E-state index in [0.717, 1.165) is 25.7 Å². The van der Waals surface area contributed by atoms with Crippen molar-refractivity contribution in [1.82, 2.24) is 4.90 Å². The van der Waals surface area contributed by atoms with Crippen molar-refractivity contribution in [2.45, 2.75) is 76.2 Å². The van der Waals surface area contributed by atoms with Crippen LogP contribution in [0.25, 0.3) is 0 Å². The SMILES string of the molecule is C#CCN1C(=O)N=C(N)C12CCCCCCCCCCC2. The minimum absolute atomic E-state index is 0.252. The van der Waals surface area contributed by atoms with Crippen LogP contribution in [0.5, 0.6) is 0 Å². The van der Waals surface area contributed by atoms with Crippen LogP contribution in [0.3, 0.4) is 0 Å². The zero-order valence-corrected chi connectivity index (χ0v) is 12.9. The maximum absolute atomic E-state index is 12.1. The van der Waals surface area contributed by atoms with E-state index in [2.05, 4.69) is 10.9 Å². The van der Waals surface area contributed by atoms with Gasteiger partial charge >= 0.3 is 6.03 Å². The number of nitrogens with zero attached hydrogens (tertiary/aromatic N) is 2. The first-order valence-electron chi connectivity index (χ1n) is 8.30. The summed E-state index contributed by atoms with van der Waals surface area (Å²) in [5.74, 6) is 3.08. The number of aliphatic imine (C=N–C) groups is 1. The van der Waals surface area contributed by atoms with E-state index in [4.69, 9.17) is 12.2 Å². The van der Waals surface area contributed by atoms with Gasteiger partial charge in [0.1, 0.15) is 11.4 Å². The summed E-state index contributed by atoms with van der Waals surface area (Å²) < 4.78 is 0. The van der Waals surface area contributed by atoms with Crippen molar-refractivity contribution < 1.29 is 4.79 Å². The molecule has 0 aromatic heterocycles. The highest BCUT2D eigenvalue weighted by Crippen LogP contribution is 2.34. The number of rotatable bonds is 1. The molecule has 1 aliphatic carbocycles. The Kier molecular flexibility index (Phi) is 5.67. The number of amides is 2. The average molecular weight is 289 g/mol. The normalized spacial score (nSPS) is 24.0. The lowest BCUT2D eigenvalue weighted by Gasteiger charge is -2.37. The van der Waals surface area contributed by atoms with Crippen LogP contribution < -0.4 is 5.73 Å². The molecule has 0 bridgehead atoms. The topological polar surface area (TPSA) is 58.7 Å². The highest BCUT2D eigenvalue weighted by Gasteiger charge is 2.46. The number of nitrogens with two attached hydrogens (primary N) is 1. The first-order chi connectivity index (χ1) is 10.2. The number of hydrogen-bond acceptors (Lipinski definition) is 2. The second-order valence-electron chi connectivity index (χ2n) is 6.28. The van der Waals surface area contributed by atoms with Crippen molar-refractivity contribution in [1.29, 1.82) is 0 Å². The van der Waals surface area contributed by atoms with Crippen molar-refractivity contribution in [3.63, 3.8) is 0 Å². The van der Waals surface area contributed by atoms with Crippen molar-refractivity contribution in [2.24, 2.45) is 10.7 Å². The molecule has 116 valence electrons. The molecule has 1 aliphatic heterocycles. The van der Waals surface area contributed by atoms with E-state index in [1.807, 2.05) is 0 Å². The Morgan fingerprint density at radius 3 is 2.00 bits per heavy atom. The lowest BCUT2D eigenvalue weighted by molar-refractivity contribution is 0.165. The van der Waals surface area contributed by atoms with Gasteiger partial charge in [0.05, 0.1) is 6.54 Å². The maximum atomic E-state index is 12.1. The fourth-order valence-corrected chi connectivity index (χ4v) is 3.62. The fourth-order valence-electron chi connectivity index (χ4n) is 3.62.